The lowest BCUT2D eigenvalue weighted by molar-refractivity contribution is 0.454. The van der Waals surface area contributed by atoms with E-state index in [4.69, 9.17) is 0 Å². The maximum atomic E-state index is 13.2. The van der Waals surface area contributed by atoms with E-state index in [0.717, 1.165) is 11.8 Å². The summed E-state index contributed by atoms with van der Waals surface area (Å²) in [6, 6.07) is 0. The number of rotatable bonds is 1. The fourth-order valence-electron chi connectivity index (χ4n) is 1.65. The zero-order valence-corrected chi connectivity index (χ0v) is 8.87. The number of hydrogen-bond donors (Lipinski definition) is 1. The van der Waals surface area contributed by atoms with E-state index in [1.54, 1.807) is 24.1 Å². The summed E-state index contributed by atoms with van der Waals surface area (Å²) in [6.07, 6.45) is 5.92. The zero-order chi connectivity index (χ0) is 12.0. The highest BCUT2D eigenvalue weighted by Gasteiger charge is 2.13. The van der Waals surface area contributed by atoms with Crippen LogP contribution in [0.25, 0.3) is 16.8 Å². The molecule has 0 radical (unpaired) electrons. The van der Waals surface area contributed by atoms with Crippen molar-refractivity contribution < 1.29 is 9.50 Å². The quantitative estimate of drug-likeness (QED) is 0.680. The minimum atomic E-state index is -0.604. The number of halogens is 1. The Balaban J connectivity index is 2.25. The average molecular weight is 233 g/mol. The van der Waals surface area contributed by atoms with Gasteiger partial charge in [-0.3, -0.25) is 4.68 Å². The van der Waals surface area contributed by atoms with E-state index in [0.29, 0.717) is 5.69 Å². The second-order valence-corrected chi connectivity index (χ2v) is 3.64. The van der Waals surface area contributed by atoms with E-state index >= 15 is 0 Å². The first-order valence-electron chi connectivity index (χ1n) is 4.87. The molecule has 0 bridgehead atoms. The molecule has 6 nitrogen and oxygen atoms in total. The molecule has 0 aliphatic carbocycles. The largest absolute Gasteiger partial charge is 0.492 e. The predicted octanol–water partition coefficient (Wildman–Crippen LogP) is 0.974. The summed E-state index contributed by atoms with van der Waals surface area (Å²) in [6.45, 7) is 0. The molecule has 7 heteroatoms. The number of aryl methyl sites for hydroxylation is 1. The second kappa shape index (κ2) is 3.27. The molecule has 0 aromatic carbocycles. The Morgan fingerprint density at radius 3 is 2.76 bits per heavy atom. The van der Waals surface area contributed by atoms with E-state index < -0.39 is 5.82 Å². The second-order valence-electron chi connectivity index (χ2n) is 3.64. The Bertz CT molecular complexity index is 702. The van der Waals surface area contributed by atoms with Crippen LogP contribution in [0.2, 0.25) is 0 Å². The van der Waals surface area contributed by atoms with Crippen LogP contribution in [0.5, 0.6) is 5.88 Å². The molecular weight excluding hydrogens is 225 g/mol. The van der Waals surface area contributed by atoms with Gasteiger partial charge in [0.2, 0.25) is 5.88 Å². The van der Waals surface area contributed by atoms with Gasteiger partial charge in [-0.2, -0.15) is 10.2 Å². The van der Waals surface area contributed by atoms with Gasteiger partial charge in [0, 0.05) is 18.8 Å². The molecule has 0 fully saturated rings. The lowest BCUT2D eigenvalue weighted by Crippen LogP contribution is -1.93. The predicted molar refractivity (Wildman–Crippen MR) is 56.8 cm³/mol. The molecule has 3 aromatic rings. The van der Waals surface area contributed by atoms with Crippen molar-refractivity contribution in [2.24, 2.45) is 7.05 Å². The van der Waals surface area contributed by atoms with Gasteiger partial charge in [0.15, 0.2) is 11.3 Å². The number of aromatic nitrogens is 5. The highest BCUT2D eigenvalue weighted by atomic mass is 19.1. The fraction of sp³-hybridized carbons (Fsp3) is 0.100. The van der Waals surface area contributed by atoms with Crippen molar-refractivity contribution in [1.82, 2.24) is 24.4 Å². The Morgan fingerprint density at radius 1 is 1.24 bits per heavy atom. The van der Waals surface area contributed by atoms with Crippen LogP contribution in [0.15, 0.2) is 24.8 Å². The molecule has 0 saturated carbocycles. The molecule has 0 aliphatic heterocycles. The number of hydrogen-bond acceptors (Lipinski definition) is 4. The van der Waals surface area contributed by atoms with Crippen molar-refractivity contribution in [3.05, 3.63) is 30.6 Å². The number of nitrogens with zero attached hydrogens (tertiary/aromatic N) is 5. The lowest BCUT2D eigenvalue weighted by atomic mass is 10.3. The van der Waals surface area contributed by atoms with Crippen LogP contribution in [0.3, 0.4) is 0 Å². The van der Waals surface area contributed by atoms with E-state index in [1.807, 2.05) is 0 Å². The van der Waals surface area contributed by atoms with E-state index in [-0.39, 0.29) is 11.4 Å². The molecule has 3 rings (SSSR count). The van der Waals surface area contributed by atoms with Crippen molar-refractivity contribution in [1.29, 1.82) is 0 Å². The first-order chi connectivity index (χ1) is 8.15. The van der Waals surface area contributed by atoms with Crippen LogP contribution in [-0.4, -0.2) is 29.5 Å². The van der Waals surface area contributed by atoms with Crippen LogP contribution in [0.1, 0.15) is 0 Å². The number of aromatic hydroxyl groups is 1. The molecule has 17 heavy (non-hydrogen) atoms. The van der Waals surface area contributed by atoms with Crippen LogP contribution >= 0.6 is 0 Å². The summed E-state index contributed by atoms with van der Waals surface area (Å²) in [4.78, 5) is 3.92. The summed E-state index contributed by atoms with van der Waals surface area (Å²) in [5.41, 5.74) is 1.17. The summed E-state index contributed by atoms with van der Waals surface area (Å²) in [7, 11) is 1.77. The third-order valence-electron chi connectivity index (χ3n) is 2.43. The maximum Gasteiger partial charge on any atom is 0.241 e. The molecule has 0 saturated heterocycles. The van der Waals surface area contributed by atoms with Crippen molar-refractivity contribution >= 4 is 5.52 Å². The van der Waals surface area contributed by atoms with Gasteiger partial charge in [0.1, 0.15) is 0 Å². The standard InChI is InChI=1S/C10H8FN5O/c1-15-4-6(2-12-15)8-5-16-9(10(17)14-8)7(11)3-13-16/h2-5H,1H3,(H,14,17). The summed E-state index contributed by atoms with van der Waals surface area (Å²) in [5, 5.41) is 17.4. The van der Waals surface area contributed by atoms with Gasteiger partial charge in [-0.05, 0) is 0 Å². The first kappa shape index (κ1) is 9.76. The average Bonchev–Trinajstić information content (AvgIpc) is 2.86. The molecule has 1 N–H and O–H groups in total. The van der Waals surface area contributed by atoms with Gasteiger partial charge in [-0.25, -0.2) is 13.9 Å². The van der Waals surface area contributed by atoms with Crippen LogP contribution in [0.4, 0.5) is 4.39 Å². The molecule has 0 aliphatic rings. The van der Waals surface area contributed by atoms with Crippen molar-refractivity contribution in [3.8, 4) is 17.1 Å². The minimum absolute atomic E-state index is 0.0300. The molecule has 3 aromatic heterocycles. The van der Waals surface area contributed by atoms with Crippen LogP contribution in [0, 0.1) is 5.82 Å². The fourth-order valence-corrected chi connectivity index (χ4v) is 1.65. The third-order valence-corrected chi connectivity index (χ3v) is 2.43. The van der Waals surface area contributed by atoms with Gasteiger partial charge >= 0.3 is 0 Å². The third kappa shape index (κ3) is 1.43. The van der Waals surface area contributed by atoms with Gasteiger partial charge in [-0.15, -0.1) is 0 Å². The lowest BCUT2D eigenvalue weighted by Gasteiger charge is -2.00. The summed E-state index contributed by atoms with van der Waals surface area (Å²) < 4.78 is 16.1. The van der Waals surface area contributed by atoms with Gasteiger partial charge in [0.25, 0.3) is 0 Å². The summed E-state index contributed by atoms with van der Waals surface area (Å²) in [5.74, 6) is -0.992. The van der Waals surface area contributed by atoms with Crippen molar-refractivity contribution in [2.45, 2.75) is 0 Å². The van der Waals surface area contributed by atoms with Gasteiger partial charge < -0.3 is 5.11 Å². The van der Waals surface area contributed by atoms with Gasteiger partial charge in [0.05, 0.1) is 24.3 Å². The minimum Gasteiger partial charge on any atom is -0.492 e. The SMILES string of the molecule is Cn1cc(-c2cn3ncc(F)c3c(O)n2)cn1. The molecule has 0 unspecified atom stereocenters. The normalized spacial score (nSPS) is 11.2. The molecule has 86 valence electrons. The zero-order valence-electron chi connectivity index (χ0n) is 8.87. The molecular formula is C10H8FN5O. The van der Waals surface area contributed by atoms with E-state index in [9.17, 15) is 9.50 Å². The molecule has 0 spiro atoms. The van der Waals surface area contributed by atoms with Crippen molar-refractivity contribution in [3.63, 3.8) is 0 Å². The topological polar surface area (TPSA) is 68.2 Å². The number of fused-ring (bicyclic) bond motifs is 1. The monoisotopic (exact) mass is 233 g/mol. The van der Waals surface area contributed by atoms with Gasteiger partial charge in [-0.1, -0.05) is 0 Å². The van der Waals surface area contributed by atoms with E-state index in [2.05, 4.69) is 15.2 Å². The first-order valence-corrected chi connectivity index (χ1v) is 4.87. The smallest absolute Gasteiger partial charge is 0.241 e. The Morgan fingerprint density at radius 2 is 2.06 bits per heavy atom. The Kier molecular flexibility index (Phi) is 1.88. The molecule has 3 heterocycles. The Hall–Kier alpha value is -2.44. The molecule has 0 amide bonds. The highest BCUT2D eigenvalue weighted by molar-refractivity contribution is 5.63. The highest BCUT2D eigenvalue weighted by Crippen LogP contribution is 2.24. The van der Waals surface area contributed by atoms with Crippen molar-refractivity contribution in [2.75, 3.05) is 0 Å². The van der Waals surface area contributed by atoms with E-state index in [1.165, 1.54) is 10.7 Å². The van der Waals surface area contributed by atoms with Crippen LogP contribution < -0.4 is 0 Å². The van der Waals surface area contributed by atoms with Crippen LogP contribution in [-0.2, 0) is 7.05 Å². The Labute approximate surface area is 94.9 Å². The summed E-state index contributed by atoms with van der Waals surface area (Å²) >= 11 is 0. The molecule has 0 atom stereocenters. The maximum absolute atomic E-state index is 13.2.